The van der Waals surface area contributed by atoms with E-state index < -0.39 is 0 Å². The Hall–Kier alpha value is -12.7. The number of methoxy groups -OCH3 is 1. The van der Waals surface area contributed by atoms with Gasteiger partial charge in [-0.05, 0) is 219 Å². The number of aromatic nitrogens is 11. The fraction of sp³-hybridized carbons (Fsp3) is 0.333. The first kappa shape index (κ1) is 88.2. The molecule has 10 aromatic carbocycles. The summed E-state index contributed by atoms with van der Waals surface area (Å²) in [5, 5.41) is 6.89. The topological polar surface area (TPSA) is 182 Å². The Bertz CT molecular complexity index is 6020. The van der Waals surface area contributed by atoms with Gasteiger partial charge in [-0.3, -0.25) is 14.7 Å². The molecule has 1 unspecified atom stereocenters. The number of likely N-dealkylation sites (tertiary alicyclic amines) is 3. The Balaban J connectivity index is 0.000000122. The molecule has 9 heterocycles. The van der Waals surface area contributed by atoms with E-state index in [0.717, 1.165) is 155 Å². The summed E-state index contributed by atoms with van der Waals surface area (Å²) in [7, 11) is 5.80. The zero-order valence-electron chi connectivity index (χ0n) is 74.2. The van der Waals surface area contributed by atoms with Gasteiger partial charge in [-0.1, -0.05) is 176 Å². The normalized spacial score (nSPS) is 14.0. The van der Waals surface area contributed by atoms with Gasteiger partial charge in [0.2, 0.25) is 0 Å². The summed E-state index contributed by atoms with van der Waals surface area (Å²) in [6, 6.07) is 90.4. The summed E-state index contributed by atoms with van der Waals surface area (Å²) in [5.41, 5.74) is 16.0. The lowest BCUT2D eigenvalue weighted by molar-refractivity contribution is 0.211. The molecule has 19 rings (SSSR count). The van der Waals surface area contributed by atoms with E-state index in [1.165, 1.54) is 136 Å². The van der Waals surface area contributed by atoms with Gasteiger partial charge >= 0.3 is 0 Å². The van der Waals surface area contributed by atoms with Crippen molar-refractivity contribution in [3.63, 3.8) is 0 Å². The van der Waals surface area contributed by atoms with E-state index in [9.17, 15) is 0 Å². The predicted molar refractivity (Wildman–Crippen MR) is 509 cm³/mol. The molecule has 16 aromatic rings. The molecule has 0 bridgehead atoms. The highest BCUT2D eigenvalue weighted by molar-refractivity contribution is 5.79. The number of nitrogens with zero attached hydrogens (tertiary/aromatic N) is 14. The summed E-state index contributed by atoms with van der Waals surface area (Å²) < 4.78 is 40.6. The van der Waals surface area contributed by atoms with Crippen LogP contribution in [0.25, 0.3) is 55.2 Å². The number of para-hydroxylation sites is 12. The smallest absolute Gasteiger partial charge is 0.126 e. The van der Waals surface area contributed by atoms with Gasteiger partial charge in [-0.15, -0.1) is 0 Å². The average Bonchev–Trinajstić information content (AvgIpc) is 1.67. The zero-order valence-corrected chi connectivity index (χ0v) is 74.2. The number of hydrogen-bond donors (Lipinski definition) is 2. The molecular formula is C105H122N16O5. The molecule has 652 valence electrons. The van der Waals surface area contributed by atoms with Gasteiger partial charge < -0.3 is 57.2 Å². The molecular weight excluding hydrogens is 1570 g/mol. The molecule has 6 aromatic heterocycles. The van der Waals surface area contributed by atoms with Crippen LogP contribution in [0.5, 0.6) is 28.7 Å². The van der Waals surface area contributed by atoms with Crippen molar-refractivity contribution < 1.29 is 23.7 Å². The van der Waals surface area contributed by atoms with Crippen LogP contribution in [-0.4, -0.2) is 140 Å². The van der Waals surface area contributed by atoms with Gasteiger partial charge in [0, 0.05) is 50.9 Å². The number of rotatable bonds is 30. The van der Waals surface area contributed by atoms with Crippen molar-refractivity contribution in [2.24, 2.45) is 14.1 Å². The van der Waals surface area contributed by atoms with Crippen molar-refractivity contribution in [2.45, 2.75) is 150 Å². The van der Waals surface area contributed by atoms with Crippen LogP contribution in [0.1, 0.15) is 116 Å². The Morgan fingerprint density at radius 2 is 0.794 bits per heavy atom. The second-order valence-corrected chi connectivity index (χ2v) is 32.9. The highest BCUT2D eigenvalue weighted by atomic mass is 16.5. The SMILES string of the molecule is CC(Cc1nc2ccccc2n1C)Nc1ccccn1.COc1cccc(OCCn2c(CN3CCCCC3)nc3ccccc32)c1.Cc1ccc(OCCn2c(CN3CCCCC3)nc3ccccc32)cc1.Cc1ccccc1OCCn1c(CN2CCCCC2)nc2ccccc21.Cn1c(CNCc2ccccc2OCc2ccccc2)nc2ccccc21. The summed E-state index contributed by atoms with van der Waals surface area (Å²) in [4.78, 5) is 36.0. The van der Waals surface area contributed by atoms with Crippen molar-refractivity contribution in [2.75, 3.05) is 71.5 Å². The van der Waals surface area contributed by atoms with Gasteiger partial charge in [0.15, 0.2) is 0 Å². The van der Waals surface area contributed by atoms with Crippen LogP contribution in [-0.2, 0) is 79.5 Å². The molecule has 1 atom stereocenters. The van der Waals surface area contributed by atoms with E-state index in [1.54, 1.807) is 13.3 Å². The molecule has 0 radical (unpaired) electrons. The fourth-order valence-corrected chi connectivity index (χ4v) is 16.8. The molecule has 2 N–H and O–H groups in total. The molecule has 0 spiro atoms. The maximum absolute atomic E-state index is 6.04. The summed E-state index contributed by atoms with van der Waals surface area (Å²) in [5.74, 6) is 10.9. The predicted octanol–water partition coefficient (Wildman–Crippen LogP) is 20.4. The monoisotopic (exact) mass is 1690 g/mol. The maximum atomic E-state index is 6.04. The minimum atomic E-state index is 0.278. The van der Waals surface area contributed by atoms with E-state index >= 15 is 0 Å². The van der Waals surface area contributed by atoms with Crippen molar-refractivity contribution in [1.29, 1.82) is 0 Å². The van der Waals surface area contributed by atoms with Crippen LogP contribution in [0.3, 0.4) is 0 Å². The van der Waals surface area contributed by atoms with Crippen LogP contribution >= 0.6 is 0 Å². The lowest BCUT2D eigenvalue weighted by Crippen LogP contribution is -2.30. The van der Waals surface area contributed by atoms with Crippen LogP contribution in [0.2, 0.25) is 0 Å². The summed E-state index contributed by atoms with van der Waals surface area (Å²) >= 11 is 0. The number of hydrogen-bond acceptors (Lipinski definition) is 16. The summed E-state index contributed by atoms with van der Waals surface area (Å²) in [6.45, 7) is 22.5. The quantitative estimate of drug-likeness (QED) is 0.0433. The second kappa shape index (κ2) is 45.3. The van der Waals surface area contributed by atoms with E-state index in [0.29, 0.717) is 33.0 Å². The number of fused-ring (bicyclic) bond motifs is 5. The maximum Gasteiger partial charge on any atom is 0.126 e. The van der Waals surface area contributed by atoms with E-state index in [2.05, 4.69) is 215 Å². The van der Waals surface area contributed by atoms with Gasteiger partial charge in [0.25, 0.3) is 0 Å². The number of pyridine rings is 1. The molecule has 0 aliphatic carbocycles. The number of piperidine rings is 3. The molecule has 3 aliphatic heterocycles. The number of imidazole rings is 5. The van der Waals surface area contributed by atoms with Crippen molar-refractivity contribution in [3.8, 4) is 28.7 Å². The molecule has 21 heteroatoms. The largest absolute Gasteiger partial charge is 0.497 e. The Labute approximate surface area is 742 Å². The Morgan fingerprint density at radius 1 is 0.365 bits per heavy atom. The standard InChI is InChI=1S/C23H23N3O.C22H27N3O2.2C22H27N3O.C16H18N4/c1-26-21-13-7-6-12-20(21)25-23(26)16-24-15-19-11-5-8-14-22(19)27-17-18-9-3-2-4-10-18;1-26-18-8-7-9-19(16-18)27-15-14-25-21-11-4-3-10-20(21)23-22(25)17-24-12-5-2-6-13-24;1-18-9-3-6-12-21(18)26-16-15-25-20-11-5-4-10-19(20)23-22(25)17-24-13-7-2-8-14-24;1-18-9-11-19(12-10-18)26-16-15-25-21-8-4-3-7-20(21)23-22(25)17-24-13-5-2-6-14-24;1-12(18-15-9-5-6-10-17-15)11-16-19-13-7-3-4-8-14(13)20(16)2/h2-14,24H,15-17H2,1H3;3-4,7-11,16H,2,5-6,12-15,17H2,1H3;3-6,9-12H,2,7-8,13-17H2,1H3;3-4,7-12H,2,5-6,13-17H2,1H3;3-10,12H,11H2,1-2H3,(H,17,18). The van der Waals surface area contributed by atoms with Gasteiger partial charge in [-0.2, -0.15) is 0 Å². The minimum absolute atomic E-state index is 0.278. The molecule has 3 aliphatic rings. The van der Waals surface area contributed by atoms with Crippen molar-refractivity contribution in [3.05, 3.63) is 324 Å². The first-order valence-corrected chi connectivity index (χ1v) is 45.1. The van der Waals surface area contributed by atoms with Crippen LogP contribution in [0, 0.1) is 13.8 Å². The number of anilines is 1. The van der Waals surface area contributed by atoms with E-state index in [-0.39, 0.29) is 6.04 Å². The van der Waals surface area contributed by atoms with Gasteiger partial charge in [0.1, 0.15) is 90.1 Å². The van der Waals surface area contributed by atoms with Crippen LogP contribution in [0.15, 0.2) is 273 Å². The Kier molecular flexibility index (Phi) is 31.7. The summed E-state index contributed by atoms with van der Waals surface area (Å²) in [6.07, 6.45) is 14.5. The van der Waals surface area contributed by atoms with Crippen LogP contribution in [0.4, 0.5) is 5.82 Å². The number of aryl methyl sites for hydroxylation is 4. The first-order valence-electron chi connectivity index (χ1n) is 45.1. The van der Waals surface area contributed by atoms with Gasteiger partial charge in [-0.25, -0.2) is 29.9 Å². The second-order valence-electron chi connectivity index (χ2n) is 32.9. The third kappa shape index (κ3) is 24.5. The number of benzene rings is 10. The lowest BCUT2D eigenvalue weighted by Gasteiger charge is -2.26. The first-order chi connectivity index (χ1) is 62.0. The molecule has 3 fully saturated rings. The average molecular weight is 1690 g/mol. The van der Waals surface area contributed by atoms with Gasteiger partial charge in [0.05, 0.1) is 108 Å². The lowest BCUT2D eigenvalue weighted by atomic mass is 10.1. The van der Waals surface area contributed by atoms with Crippen molar-refractivity contribution in [1.82, 2.24) is 72.8 Å². The number of nitrogens with one attached hydrogen (secondary N) is 2. The molecule has 21 nitrogen and oxygen atoms in total. The molecule has 3 saturated heterocycles. The molecule has 0 saturated carbocycles. The third-order valence-electron chi connectivity index (χ3n) is 23.7. The molecule has 0 amide bonds. The minimum Gasteiger partial charge on any atom is -0.497 e. The third-order valence-corrected chi connectivity index (χ3v) is 23.7. The Morgan fingerprint density at radius 3 is 1.30 bits per heavy atom. The van der Waals surface area contributed by atoms with E-state index in [4.69, 9.17) is 48.6 Å². The highest BCUT2D eigenvalue weighted by Gasteiger charge is 2.22. The molecule has 126 heavy (non-hydrogen) atoms. The zero-order chi connectivity index (χ0) is 86.4. The van der Waals surface area contributed by atoms with Crippen molar-refractivity contribution >= 4 is 61.0 Å². The van der Waals surface area contributed by atoms with E-state index in [1.807, 2.05) is 140 Å². The highest BCUT2D eigenvalue weighted by Crippen LogP contribution is 2.28. The van der Waals surface area contributed by atoms with Crippen LogP contribution < -0.4 is 34.3 Å². The number of ether oxygens (including phenoxy) is 5. The fourth-order valence-electron chi connectivity index (χ4n) is 16.8.